The van der Waals surface area contributed by atoms with Crippen LogP contribution in [0.5, 0.6) is 0 Å². The summed E-state index contributed by atoms with van der Waals surface area (Å²) in [6.07, 6.45) is 0. The van der Waals surface area contributed by atoms with E-state index in [1.54, 1.807) is 0 Å². The molecule has 0 aromatic heterocycles. The van der Waals surface area contributed by atoms with Crippen LogP contribution in [0.3, 0.4) is 0 Å². The molecule has 0 unspecified atom stereocenters. The second-order valence-electron chi connectivity index (χ2n) is 5.38. The van der Waals surface area contributed by atoms with Gasteiger partial charge in [-0.2, -0.15) is 4.31 Å². The van der Waals surface area contributed by atoms with E-state index >= 15 is 0 Å². The summed E-state index contributed by atoms with van der Waals surface area (Å²) in [4.78, 5) is 9.99. The number of nitro benzene ring substituents is 1. The van der Waals surface area contributed by atoms with Gasteiger partial charge in [0.1, 0.15) is 0 Å². The number of nitrogens with zero attached hydrogens (tertiary/aromatic N) is 2. The first-order valence-electron chi connectivity index (χ1n) is 5.99. The predicted octanol–water partition coefficient (Wildman–Crippen LogP) is 1.95. The Morgan fingerprint density at radius 1 is 1.43 bits per heavy atom. The van der Waals surface area contributed by atoms with Crippen LogP contribution in [0.15, 0.2) is 17.0 Å². The molecule has 0 radical (unpaired) electrons. The number of likely N-dealkylation sites (N-methyl/N-ethyl adjacent to an activating group) is 1. The van der Waals surface area contributed by atoms with Crippen LogP contribution in [0.2, 0.25) is 5.02 Å². The van der Waals surface area contributed by atoms with Crippen molar-refractivity contribution in [1.82, 2.24) is 4.31 Å². The van der Waals surface area contributed by atoms with E-state index in [9.17, 15) is 23.6 Å². The molecule has 0 aliphatic heterocycles. The zero-order valence-electron chi connectivity index (χ0n) is 12.1. The molecule has 0 saturated carbocycles. The Labute approximate surface area is 128 Å². The standard InChI is InChI=1S/C12H17ClN2O5S/c1-8-10(13)5-9(6-11(8)15(17)18)21(19,20)14(4)7-12(2,3)16/h5-6,16H,7H2,1-4H3. The van der Waals surface area contributed by atoms with Crippen molar-refractivity contribution in [3.8, 4) is 0 Å². The fourth-order valence-corrected chi connectivity index (χ4v) is 3.44. The number of benzene rings is 1. The molecule has 118 valence electrons. The Bertz CT molecular complexity index is 667. The van der Waals surface area contributed by atoms with Crippen molar-refractivity contribution >= 4 is 27.3 Å². The van der Waals surface area contributed by atoms with Crippen LogP contribution in [0.4, 0.5) is 5.69 Å². The molecule has 0 atom stereocenters. The van der Waals surface area contributed by atoms with Crippen LogP contribution in [-0.4, -0.2) is 41.9 Å². The number of nitro groups is 1. The van der Waals surface area contributed by atoms with E-state index < -0.39 is 20.5 Å². The first-order chi connectivity index (χ1) is 9.36. The molecule has 1 rings (SSSR count). The van der Waals surface area contributed by atoms with Crippen molar-refractivity contribution in [2.45, 2.75) is 31.3 Å². The van der Waals surface area contributed by atoms with Gasteiger partial charge in [0.25, 0.3) is 5.69 Å². The number of hydrogen-bond acceptors (Lipinski definition) is 5. The summed E-state index contributed by atoms with van der Waals surface area (Å²) >= 11 is 5.87. The molecule has 1 N–H and O–H groups in total. The minimum absolute atomic E-state index is 0.000524. The molecule has 0 aliphatic rings. The molecule has 0 saturated heterocycles. The van der Waals surface area contributed by atoms with Crippen molar-refractivity contribution < 1.29 is 18.4 Å². The van der Waals surface area contributed by atoms with Gasteiger partial charge >= 0.3 is 0 Å². The molecule has 0 heterocycles. The number of aliphatic hydroxyl groups is 1. The summed E-state index contributed by atoms with van der Waals surface area (Å²) in [6, 6.07) is 2.14. The fraction of sp³-hybridized carbons (Fsp3) is 0.500. The summed E-state index contributed by atoms with van der Waals surface area (Å²) in [5, 5.41) is 20.6. The van der Waals surface area contributed by atoms with E-state index in [4.69, 9.17) is 11.6 Å². The molecule has 21 heavy (non-hydrogen) atoms. The minimum Gasteiger partial charge on any atom is -0.389 e. The lowest BCUT2D eigenvalue weighted by Gasteiger charge is -2.25. The molecule has 0 fully saturated rings. The molecular formula is C12H17ClN2O5S. The van der Waals surface area contributed by atoms with Gasteiger partial charge in [-0.3, -0.25) is 10.1 Å². The smallest absolute Gasteiger partial charge is 0.275 e. The van der Waals surface area contributed by atoms with Crippen molar-refractivity contribution in [3.63, 3.8) is 0 Å². The highest BCUT2D eigenvalue weighted by Crippen LogP contribution is 2.30. The molecule has 0 bridgehead atoms. The number of sulfonamides is 1. The van der Waals surface area contributed by atoms with Crippen molar-refractivity contribution in [2.75, 3.05) is 13.6 Å². The molecule has 9 heteroatoms. The zero-order valence-corrected chi connectivity index (χ0v) is 13.7. The quantitative estimate of drug-likeness (QED) is 0.654. The Kier molecular flexibility index (Phi) is 4.99. The van der Waals surface area contributed by atoms with E-state index in [1.165, 1.54) is 33.9 Å². The van der Waals surface area contributed by atoms with Crippen LogP contribution >= 0.6 is 11.6 Å². The Balaban J connectivity index is 3.36. The van der Waals surface area contributed by atoms with E-state index in [-0.39, 0.29) is 27.7 Å². The normalized spacial score (nSPS) is 12.7. The summed E-state index contributed by atoms with van der Waals surface area (Å²) in [6.45, 7) is 4.21. The van der Waals surface area contributed by atoms with Gasteiger partial charge in [0.05, 0.1) is 20.4 Å². The van der Waals surface area contributed by atoms with Crippen molar-refractivity contribution in [3.05, 3.63) is 32.8 Å². The number of rotatable bonds is 5. The molecule has 1 aromatic rings. The molecule has 7 nitrogen and oxygen atoms in total. The van der Waals surface area contributed by atoms with E-state index in [0.29, 0.717) is 0 Å². The summed E-state index contributed by atoms with van der Waals surface area (Å²) in [7, 11) is -2.70. The molecule has 1 aromatic carbocycles. The van der Waals surface area contributed by atoms with Crippen LogP contribution in [0, 0.1) is 17.0 Å². The second-order valence-corrected chi connectivity index (χ2v) is 7.83. The topological polar surface area (TPSA) is 101 Å². The Morgan fingerprint density at radius 3 is 2.38 bits per heavy atom. The van der Waals surface area contributed by atoms with Gasteiger partial charge in [-0.15, -0.1) is 0 Å². The summed E-state index contributed by atoms with van der Waals surface area (Å²) < 4.78 is 25.7. The Morgan fingerprint density at radius 2 is 1.95 bits per heavy atom. The van der Waals surface area contributed by atoms with Crippen LogP contribution in [-0.2, 0) is 10.0 Å². The maximum absolute atomic E-state index is 12.4. The number of halogens is 1. The van der Waals surface area contributed by atoms with Gasteiger partial charge in [0, 0.05) is 25.2 Å². The van der Waals surface area contributed by atoms with Gasteiger partial charge in [-0.25, -0.2) is 8.42 Å². The third-order valence-electron chi connectivity index (χ3n) is 2.80. The molecule has 0 amide bonds. The molecule has 0 aliphatic carbocycles. The van der Waals surface area contributed by atoms with E-state index in [1.807, 2.05) is 0 Å². The maximum Gasteiger partial charge on any atom is 0.275 e. The number of hydrogen-bond donors (Lipinski definition) is 1. The summed E-state index contributed by atoms with van der Waals surface area (Å²) in [5.41, 5.74) is -1.40. The minimum atomic E-state index is -3.98. The van der Waals surface area contributed by atoms with Crippen LogP contribution in [0.25, 0.3) is 0 Å². The largest absolute Gasteiger partial charge is 0.389 e. The van der Waals surface area contributed by atoms with Gasteiger partial charge in [-0.05, 0) is 26.8 Å². The van der Waals surface area contributed by atoms with Crippen LogP contribution in [0.1, 0.15) is 19.4 Å². The van der Waals surface area contributed by atoms with E-state index in [0.717, 1.165) is 10.4 Å². The second kappa shape index (κ2) is 5.88. The van der Waals surface area contributed by atoms with Crippen molar-refractivity contribution in [1.29, 1.82) is 0 Å². The lowest BCUT2D eigenvalue weighted by molar-refractivity contribution is -0.385. The zero-order chi connectivity index (χ0) is 16.6. The highest BCUT2D eigenvalue weighted by molar-refractivity contribution is 7.89. The monoisotopic (exact) mass is 336 g/mol. The highest BCUT2D eigenvalue weighted by atomic mass is 35.5. The fourth-order valence-electron chi connectivity index (χ4n) is 1.79. The first-order valence-corrected chi connectivity index (χ1v) is 7.81. The highest BCUT2D eigenvalue weighted by Gasteiger charge is 2.29. The molecule has 0 spiro atoms. The average Bonchev–Trinajstić information content (AvgIpc) is 2.29. The third-order valence-corrected chi connectivity index (χ3v) is 4.98. The average molecular weight is 337 g/mol. The lowest BCUT2D eigenvalue weighted by atomic mass is 10.1. The Hall–Kier alpha value is -1.22. The molecular weight excluding hydrogens is 320 g/mol. The predicted molar refractivity (Wildman–Crippen MR) is 79.0 cm³/mol. The van der Waals surface area contributed by atoms with Gasteiger partial charge < -0.3 is 5.11 Å². The van der Waals surface area contributed by atoms with Gasteiger partial charge in [0.2, 0.25) is 10.0 Å². The van der Waals surface area contributed by atoms with Crippen LogP contribution < -0.4 is 0 Å². The van der Waals surface area contributed by atoms with Gasteiger partial charge in [-0.1, -0.05) is 11.6 Å². The van der Waals surface area contributed by atoms with E-state index in [2.05, 4.69) is 0 Å². The van der Waals surface area contributed by atoms with Crippen molar-refractivity contribution in [2.24, 2.45) is 0 Å². The van der Waals surface area contributed by atoms with Gasteiger partial charge in [0.15, 0.2) is 0 Å². The third kappa shape index (κ3) is 4.13. The SMILES string of the molecule is Cc1c(Cl)cc(S(=O)(=O)N(C)CC(C)(C)O)cc1[N+](=O)[O-]. The lowest BCUT2D eigenvalue weighted by Crippen LogP contribution is -2.39. The maximum atomic E-state index is 12.4. The first kappa shape index (κ1) is 17.8. The summed E-state index contributed by atoms with van der Waals surface area (Å²) in [5.74, 6) is 0.